The van der Waals surface area contributed by atoms with Crippen molar-refractivity contribution in [3.8, 4) is 0 Å². The third kappa shape index (κ3) is 2.31. The van der Waals surface area contributed by atoms with Crippen LogP contribution in [0.3, 0.4) is 0 Å². The second kappa shape index (κ2) is 4.35. The van der Waals surface area contributed by atoms with Crippen molar-refractivity contribution in [2.24, 2.45) is 0 Å². The van der Waals surface area contributed by atoms with Gasteiger partial charge in [0.25, 0.3) is 0 Å². The molecule has 0 radical (unpaired) electrons. The van der Waals surface area contributed by atoms with Gasteiger partial charge in [-0.1, -0.05) is 6.07 Å². The zero-order chi connectivity index (χ0) is 13.6. The third-order valence-corrected chi connectivity index (χ3v) is 3.60. The fraction of sp³-hybridized carbons (Fsp3) is 0.545. The molecule has 7 heteroatoms. The third-order valence-electron chi connectivity index (χ3n) is 3.60. The first-order chi connectivity index (χ1) is 8.23. The standard InChI is InChI=1S/C11H17B2NO4/c1-10(2)11(3,4)18-13(17-10)8-5-6-9(12(15)16)14-7-8/h5-7,15-16H,1-4H3. The van der Waals surface area contributed by atoms with E-state index in [0.29, 0.717) is 0 Å². The van der Waals surface area contributed by atoms with Crippen LogP contribution in [0.4, 0.5) is 0 Å². The maximum atomic E-state index is 8.98. The van der Waals surface area contributed by atoms with Gasteiger partial charge < -0.3 is 19.4 Å². The molecule has 1 aromatic heterocycles. The summed E-state index contributed by atoms with van der Waals surface area (Å²) < 4.78 is 11.7. The summed E-state index contributed by atoms with van der Waals surface area (Å²) in [5, 5.41) is 18.0. The number of aromatic nitrogens is 1. The minimum atomic E-state index is -1.56. The van der Waals surface area contributed by atoms with Crippen LogP contribution in [0.5, 0.6) is 0 Å². The molecule has 1 aromatic rings. The Balaban J connectivity index is 2.19. The van der Waals surface area contributed by atoms with E-state index in [1.807, 2.05) is 27.7 Å². The van der Waals surface area contributed by atoms with Crippen LogP contribution < -0.4 is 11.1 Å². The van der Waals surface area contributed by atoms with E-state index in [1.54, 1.807) is 12.1 Å². The zero-order valence-electron chi connectivity index (χ0n) is 11.0. The molecule has 0 aromatic carbocycles. The molecular weight excluding hydrogens is 232 g/mol. The molecule has 0 saturated carbocycles. The number of hydrogen-bond acceptors (Lipinski definition) is 5. The van der Waals surface area contributed by atoms with Gasteiger partial charge in [-0.2, -0.15) is 0 Å². The highest BCUT2D eigenvalue weighted by Crippen LogP contribution is 2.36. The van der Waals surface area contributed by atoms with Crippen molar-refractivity contribution in [1.82, 2.24) is 4.98 Å². The molecule has 0 atom stereocenters. The lowest BCUT2D eigenvalue weighted by molar-refractivity contribution is 0.00578. The van der Waals surface area contributed by atoms with Gasteiger partial charge in [-0.05, 0) is 33.8 Å². The van der Waals surface area contributed by atoms with E-state index < -0.39 is 25.4 Å². The van der Waals surface area contributed by atoms with E-state index in [2.05, 4.69) is 4.98 Å². The number of hydrogen-bond donors (Lipinski definition) is 2. The van der Waals surface area contributed by atoms with Gasteiger partial charge in [0, 0.05) is 11.7 Å². The Bertz CT molecular complexity index is 417. The van der Waals surface area contributed by atoms with Gasteiger partial charge in [0.1, 0.15) is 0 Å². The average Bonchev–Trinajstić information content (AvgIpc) is 2.48. The smallest absolute Gasteiger partial charge is 0.422 e. The van der Waals surface area contributed by atoms with E-state index in [9.17, 15) is 0 Å². The first-order valence-electron chi connectivity index (χ1n) is 5.90. The van der Waals surface area contributed by atoms with Crippen LogP contribution in [0.25, 0.3) is 0 Å². The van der Waals surface area contributed by atoms with Crippen molar-refractivity contribution >= 4 is 25.3 Å². The molecule has 0 unspecified atom stereocenters. The lowest BCUT2D eigenvalue weighted by Crippen LogP contribution is -2.41. The molecule has 1 aliphatic heterocycles. The van der Waals surface area contributed by atoms with E-state index >= 15 is 0 Å². The highest BCUT2D eigenvalue weighted by Gasteiger charge is 2.51. The molecule has 0 aliphatic carbocycles. The van der Waals surface area contributed by atoms with Crippen LogP contribution in [-0.4, -0.2) is 40.5 Å². The Morgan fingerprint density at radius 2 is 1.67 bits per heavy atom. The number of nitrogens with zero attached hydrogens (tertiary/aromatic N) is 1. The van der Waals surface area contributed by atoms with Crippen LogP contribution in [-0.2, 0) is 9.31 Å². The molecule has 2 N–H and O–H groups in total. The summed E-state index contributed by atoms with van der Waals surface area (Å²) in [6.45, 7) is 7.91. The van der Waals surface area contributed by atoms with Gasteiger partial charge in [0.05, 0.1) is 16.8 Å². The average molecular weight is 249 g/mol. The first-order valence-corrected chi connectivity index (χ1v) is 5.90. The summed E-state index contributed by atoms with van der Waals surface area (Å²) in [6, 6.07) is 3.27. The second-order valence-electron chi connectivity index (χ2n) is 5.48. The molecule has 1 saturated heterocycles. The molecule has 5 nitrogen and oxygen atoms in total. The predicted molar refractivity (Wildman–Crippen MR) is 69.8 cm³/mol. The Morgan fingerprint density at radius 3 is 2.06 bits per heavy atom. The van der Waals surface area contributed by atoms with Gasteiger partial charge in [0.2, 0.25) is 0 Å². The lowest BCUT2D eigenvalue weighted by atomic mass is 9.78. The van der Waals surface area contributed by atoms with Gasteiger partial charge in [-0.3, -0.25) is 4.98 Å². The Kier molecular flexibility index (Phi) is 3.27. The summed E-state index contributed by atoms with van der Waals surface area (Å²) >= 11 is 0. The largest absolute Gasteiger partial charge is 0.508 e. The molecule has 1 aliphatic rings. The normalized spacial score (nSPS) is 21.1. The molecular formula is C11H17B2NO4. The fourth-order valence-corrected chi connectivity index (χ4v) is 1.69. The molecule has 18 heavy (non-hydrogen) atoms. The molecule has 1 fully saturated rings. The van der Waals surface area contributed by atoms with Crippen LogP contribution in [0.15, 0.2) is 18.3 Å². The van der Waals surface area contributed by atoms with Crippen LogP contribution in [0, 0.1) is 0 Å². The summed E-state index contributed by atoms with van der Waals surface area (Å²) in [5.41, 5.74) is 0.174. The summed E-state index contributed by atoms with van der Waals surface area (Å²) in [4.78, 5) is 3.96. The highest BCUT2D eigenvalue weighted by atomic mass is 16.7. The molecule has 2 rings (SSSR count). The predicted octanol–water partition coefficient (Wildman–Crippen LogP) is -0.939. The number of pyridine rings is 1. The molecule has 0 amide bonds. The van der Waals surface area contributed by atoms with Crippen molar-refractivity contribution in [2.75, 3.05) is 0 Å². The Hall–Kier alpha value is -0.880. The molecule has 96 valence electrons. The topological polar surface area (TPSA) is 71.8 Å². The summed E-state index contributed by atoms with van der Waals surface area (Å²) in [5.74, 6) is 0. The van der Waals surface area contributed by atoms with E-state index in [1.165, 1.54) is 6.20 Å². The van der Waals surface area contributed by atoms with Gasteiger partial charge in [-0.15, -0.1) is 0 Å². The zero-order valence-corrected chi connectivity index (χ0v) is 11.0. The van der Waals surface area contributed by atoms with E-state index in [-0.39, 0.29) is 5.59 Å². The molecule has 0 spiro atoms. The highest BCUT2D eigenvalue weighted by molar-refractivity contribution is 6.62. The monoisotopic (exact) mass is 249 g/mol. The molecule has 0 bridgehead atoms. The van der Waals surface area contributed by atoms with Crippen molar-refractivity contribution < 1.29 is 19.4 Å². The first kappa shape index (κ1) is 13.5. The van der Waals surface area contributed by atoms with Crippen molar-refractivity contribution in [3.63, 3.8) is 0 Å². The van der Waals surface area contributed by atoms with Gasteiger partial charge in [-0.25, -0.2) is 0 Å². The quantitative estimate of drug-likeness (QED) is 0.662. The minimum absolute atomic E-state index is 0.204. The van der Waals surface area contributed by atoms with E-state index in [4.69, 9.17) is 19.4 Å². The van der Waals surface area contributed by atoms with Crippen molar-refractivity contribution in [1.29, 1.82) is 0 Å². The summed E-state index contributed by atoms with van der Waals surface area (Å²) in [7, 11) is -2.04. The maximum absolute atomic E-state index is 8.98. The molecule has 2 heterocycles. The number of rotatable bonds is 2. The fourth-order valence-electron chi connectivity index (χ4n) is 1.69. The van der Waals surface area contributed by atoms with Crippen LogP contribution in [0.1, 0.15) is 27.7 Å². The second-order valence-corrected chi connectivity index (χ2v) is 5.48. The Morgan fingerprint density at radius 1 is 1.11 bits per heavy atom. The minimum Gasteiger partial charge on any atom is -0.422 e. The lowest BCUT2D eigenvalue weighted by Gasteiger charge is -2.32. The van der Waals surface area contributed by atoms with Gasteiger partial charge >= 0.3 is 14.2 Å². The van der Waals surface area contributed by atoms with Gasteiger partial charge in [0.15, 0.2) is 0 Å². The van der Waals surface area contributed by atoms with Crippen molar-refractivity contribution in [3.05, 3.63) is 18.3 Å². The SMILES string of the molecule is CC1(C)OB(c2ccc(B(O)O)nc2)OC1(C)C. The van der Waals surface area contributed by atoms with E-state index in [0.717, 1.165) is 5.46 Å². The van der Waals surface area contributed by atoms with Crippen molar-refractivity contribution in [2.45, 2.75) is 38.9 Å². The maximum Gasteiger partial charge on any atom is 0.508 e. The summed E-state index contributed by atoms with van der Waals surface area (Å²) in [6.07, 6.45) is 1.54. The van der Waals surface area contributed by atoms with Crippen LogP contribution >= 0.6 is 0 Å². The van der Waals surface area contributed by atoms with Crippen LogP contribution in [0.2, 0.25) is 0 Å². The Labute approximate surface area is 107 Å².